The Morgan fingerprint density at radius 2 is 1.77 bits per heavy atom. The third kappa shape index (κ3) is 2.01. The van der Waals surface area contributed by atoms with Crippen LogP contribution in [0.25, 0.3) is 22.1 Å². The number of fused-ring (bicyclic) bond motifs is 1. The minimum Gasteiger partial charge on any atom is -0.508 e. The van der Waals surface area contributed by atoms with Gasteiger partial charge in [0.1, 0.15) is 12.0 Å². The molecule has 6 nitrogen and oxygen atoms in total. The van der Waals surface area contributed by atoms with Gasteiger partial charge in [0.15, 0.2) is 11.3 Å². The molecule has 0 amide bonds. The standard InChI is InChI=1S/C16H12O6/c1-21-16-12(18)6-10-13(19)11(7-22-15(10)14(16)20)8-2-4-9(17)5-3-8/h2-7,17-18,20H,1H3. The van der Waals surface area contributed by atoms with E-state index in [1.54, 1.807) is 12.1 Å². The molecule has 3 rings (SSSR count). The van der Waals surface area contributed by atoms with Gasteiger partial charge in [0, 0.05) is 0 Å². The van der Waals surface area contributed by atoms with Crippen LogP contribution in [0.2, 0.25) is 0 Å². The van der Waals surface area contributed by atoms with Crippen LogP contribution in [-0.4, -0.2) is 22.4 Å². The monoisotopic (exact) mass is 300 g/mol. The first-order valence-corrected chi connectivity index (χ1v) is 6.36. The van der Waals surface area contributed by atoms with Gasteiger partial charge in [-0.2, -0.15) is 0 Å². The number of phenolic OH excluding ortho intramolecular Hbond substituents is 3. The Morgan fingerprint density at radius 3 is 2.41 bits per heavy atom. The number of hydrogen-bond donors (Lipinski definition) is 3. The van der Waals surface area contributed by atoms with Crippen LogP contribution >= 0.6 is 0 Å². The van der Waals surface area contributed by atoms with Gasteiger partial charge >= 0.3 is 0 Å². The second kappa shape index (κ2) is 5.00. The van der Waals surface area contributed by atoms with E-state index in [1.165, 1.54) is 31.6 Å². The van der Waals surface area contributed by atoms with Crippen LogP contribution in [0.3, 0.4) is 0 Å². The predicted molar refractivity (Wildman–Crippen MR) is 79.5 cm³/mol. The Labute approximate surface area is 124 Å². The first-order chi connectivity index (χ1) is 10.5. The molecule has 3 N–H and O–H groups in total. The van der Waals surface area contributed by atoms with E-state index in [-0.39, 0.29) is 33.8 Å². The lowest BCUT2D eigenvalue weighted by molar-refractivity contribution is 0.343. The number of methoxy groups -OCH3 is 1. The molecule has 0 saturated carbocycles. The van der Waals surface area contributed by atoms with Gasteiger partial charge in [0.2, 0.25) is 16.9 Å². The van der Waals surface area contributed by atoms with E-state index < -0.39 is 11.2 Å². The summed E-state index contributed by atoms with van der Waals surface area (Å²) in [6, 6.07) is 7.21. The molecule has 3 aromatic rings. The molecule has 0 bridgehead atoms. The summed E-state index contributed by atoms with van der Waals surface area (Å²) in [5, 5.41) is 29.1. The summed E-state index contributed by atoms with van der Waals surface area (Å²) in [6.45, 7) is 0. The lowest BCUT2D eigenvalue weighted by Gasteiger charge is -2.09. The molecule has 0 fully saturated rings. The van der Waals surface area contributed by atoms with Crippen LogP contribution in [0.1, 0.15) is 0 Å². The van der Waals surface area contributed by atoms with Crippen LogP contribution in [-0.2, 0) is 0 Å². The Balaban J connectivity index is 2.31. The fraction of sp³-hybridized carbons (Fsp3) is 0.0625. The van der Waals surface area contributed by atoms with Gasteiger partial charge in [-0.05, 0) is 23.8 Å². The second-order valence-electron chi connectivity index (χ2n) is 4.68. The van der Waals surface area contributed by atoms with Crippen molar-refractivity contribution in [1.29, 1.82) is 0 Å². The highest BCUT2D eigenvalue weighted by molar-refractivity contribution is 5.90. The zero-order valence-corrected chi connectivity index (χ0v) is 11.5. The van der Waals surface area contributed by atoms with Crippen molar-refractivity contribution >= 4 is 11.0 Å². The van der Waals surface area contributed by atoms with E-state index in [1.807, 2.05) is 0 Å². The zero-order chi connectivity index (χ0) is 15.9. The SMILES string of the molecule is COc1c(O)cc2c(=O)c(-c3ccc(O)cc3)coc2c1O. The molecule has 112 valence electrons. The number of rotatable bonds is 2. The molecule has 0 unspecified atom stereocenters. The van der Waals surface area contributed by atoms with E-state index in [0.717, 1.165) is 0 Å². The molecule has 0 radical (unpaired) electrons. The predicted octanol–water partition coefficient (Wildman–Crippen LogP) is 2.59. The maximum Gasteiger partial charge on any atom is 0.206 e. The van der Waals surface area contributed by atoms with Crippen LogP contribution in [0, 0.1) is 0 Å². The minimum atomic E-state index is -0.438. The van der Waals surface area contributed by atoms with E-state index in [2.05, 4.69) is 0 Å². The van der Waals surface area contributed by atoms with E-state index in [9.17, 15) is 20.1 Å². The lowest BCUT2D eigenvalue weighted by atomic mass is 10.0. The fourth-order valence-corrected chi connectivity index (χ4v) is 2.27. The quantitative estimate of drug-likeness (QED) is 0.672. The normalized spacial score (nSPS) is 10.8. The highest BCUT2D eigenvalue weighted by atomic mass is 16.5. The van der Waals surface area contributed by atoms with Crippen molar-refractivity contribution in [3.8, 4) is 34.1 Å². The highest BCUT2D eigenvalue weighted by Crippen LogP contribution is 2.41. The smallest absolute Gasteiger partial charge is 0.206 e. The molecule has 1 aromatic heterocycles. The van der Waals surface area contributed by atoms with Crippen LogP contribution in [0.5, 0.6) is 23.0 Å². The van der Waals surface area contributed by atoms with Crippen LogP contribution in [0.4, 0.5) is 0 Å². The molecule has 0 aliphatic carbocycles. The molecule has 0 atom stereocenters. The fourth-order valence-electron chi connectivity index (χ4n) is 2.27. The first-order valence-electron chi connectivity index (χ1n) is 6.36. The summed E-state index contributed by atoms with van der Waals surface area (Å²) < 4.78 is 10.2. The van der Waals surface area contributed by atoms with Gasteiger partial charge in [-0.25, -0.2) is 0 Å². The van der Waals surface area contributed by atoms with Crippen molar-refractivity contribution in [1.82, 2.24) is 0 Å². The first kappa shape index (κ1) is 13.8. The van der Waals surface area contributed by atoms with Crippen molar-refractivity contribution in [2.24, 2.45) is 0 Å². The molecule has 2 aromatic carbocycles. The summed E-state index contributed by atoms with van der Waals surface area (Å²) in [4.78, 5) is 12.5. The summed E-state index contributed by atoms with van der Waals surface area (Å²) >= 11 is 0. The summed E-state index contributed by atoms with van der Waals surface area (Å²) in [6.07, 6.45) is 1.22. The molecule has 0 aliphatic heterocycles. The summed E-state index contributed by atoms with van der Waals surface area (Å²) in [7, 11) is 1.28. The van der Waals surface area contributed by atoms with Crippen LogP contribution < -0.4 is 10.2 Å². The Bertz CT molecular complexity index is 909. The second-order valence-corrected chi connectivity index (χ2v) is 4.68. The van der Waals surface area contributed by atoms with Gasteiger partial charge in [-0.1, -0.05) is 12.1 Å². The number of ether oxygens (including phenoxy) is 1. The number of phenols is 3. The molecule has 1 heterocycles. The van der Waals surface area contributed by atoms with Gasteiger partial charge in [-0.3, -0.25) is 4.79 Å². The van der Waals surface area contributed by atoms with Crippen molar-refractivity contribution < 1.29 is 24.5 Å². The van der Waals surface area contributed by atoms with E-state index in [0.29, 0.717) is 5.56 Å². The Kier molecular flexibility index (Phi) is 3.14. The maximum atomic E-state index is 12.5. The number of benzene rings is 2. The average Bonchev–Trinajstić information content (AvgIpc) is 2.50. The molecule has 0 saturated heterocycles. The van der Waals surface area contributed by atoms with Gasteiger partial charge in [0.25, 0.3) is 0 Å². The van der Waals surface area contributed by atoms with Gasteiger partial charge in [0.05, 0.1) is 18.1 Å². The van der Waals surface area contributed by atoms with E-state index >= 15 is 0 Å². The van der Waals surface area contributed by atoms with Crippen molar-refractivity contribution in [3.05, 3.63) is 46.8 Å². The highest BCUT2D eigenvalue weighted by Gasteiger charge is 2.18. The molecule has 0 spiro atoms. The van der Waals surface area contributed by atoms with Crippen LogP contribution in [0.15, 0.2) is 45.8 Å². The van der Waals surface area contributed by atoms with Crippen molar-refractivity contribution in [2.75, 3.05) is 7.11 Å². The average molecular weight is 300 g/mol. The Morgan fingerprint density at radius 1 is 1.09 bits per heavy atom. The van der Waals surface area contributed by atoms with Crippen molar-refractivity contribution in [2.45, 2.75) is 0 Å². The third-order valence-electron chi connectivity index (χ3n) is 3.35. The molecular formula is C16H12O6. The van der Waals surface area contributed by atoms with Crippen molar-refractivity contribution in [3.63, 3.8) is 0 Å². The lowest BCUT2D eigenvalue weighted by Crippen LogP contribution is -2.05. The molecular weight excluding hydrogens is 288 g/mol. The maximum absolute atomic E-state index is 12.5. The topological polar surface area (TPSA) is 100 Å². The van der Waals surface area contributed by atoms with E-state index in [4.69, 9.17) is 9.15 Å². The Hall–Kier alpha value is -3.15. The number of aromatic hydroxyl groups is 3. The largest absolute Gasteiger partial charge is 0.508 e. The minimum absolute atomic E-state index is 0.0291. The number of hydrogen-bond acceptors (Lipinski definition) is 6. The summed E-state index contributed by atoms with van der Waals surface area (Å²) in [5.41, 5.74) is 0.307. The van der Waals surface area contributed by atoms with Gasteiger partial charge in [-0.15, -0.1) is 0 Å². The summed E-state index contributed by atoms with van der Waals surface area (Å²) in [5.74, 6) is -0.878. The third-order valence-corrected chi connectivity index (χ3v) is 3.35. The van der Waals surface area contributed by atoms with Gasteiger partial charge < -0.3 is 24.5 Å². The molecule has 6 heteroatoms. The molecule has 0 aliphatic rings. The zero-order valence-electron chi connectivity index (χ0n) is 11.5. The molecule has 22 heavy (non-hydrogen) atoms.